The van der Waals surface area contributed by atoms with E-state index < -0.39 is 0 Å². The minimum atomic E-state index is 0.422. The van der Waals surface area contributed by atoms with Crippen LogP contribution < -0.4 is 10.5 Å². The van der Waals surface area contributed by atoms with Gasteiger partial charge in [-0.15, -0.1) is 0 Å². The molecule has 0 aromatic heterocycles. The Hall–Kier alpha value is -2.47. The van der Waals surface area contributed by atoms with E-state index in [2.05, 4.69) is 26.0 Å². The standard InChI is InChI=1S/C17H18N2O/c1-3-12(2)14-6-4-5-7-16(14)20-17-9-8-13(11-18)10-15(17)19/h4-10,12H,3,19H2,1-2H3. The second-order valence-electron chi connectivity index (χ2n) is 4.81. The van der Waals surface area contributed by atoms with Crippen LogP contribution in [0.4, 0.5) is 5.69 Å². The smallest absolute Gasteiger partial charge is 0.150 e. The van der Waals surface area contributed by atoms with Crippen molar-refractivity contribution in [2.24, 2.45) is 0 Å². The van der Waals surface area contributed by atoms with Crippen LogP contribution in [0.1, 0.15) is 37.3 Å². The summed E-state index contributed by atoms with van der Waals surface area (Å²) in [5.74, 6) is 1.82. The van der Waals surface area contributed by atoms with Crippen molar-refractivity contribution >= 4 is 5.69 Å². The highest BCUT2D eigenvalue weighted by Crippen LogP contribution is 2.34. The van der Waals surface area contributed by atoms with Crippen molar-refractivity contribution in [2.75, 3.05) is 5.73 Å². The van der Waals surface area contributed by atoms with Crippen molar-refractivity contribution in [2.45, 2.75) is 26.2 Å². The molecule has 1 atom stereocenters. The van der Waals surface area contributed by atoms with Crippen LogP contribution in [0.3, 0.4) is 0 Å². The molecule has 102 valence electrons. The van der Waals surface area contributed by atoms with Crippen molar-refractivity contribution in [3.05, 3.63) is 53.6 Å². The maximum absolute atomic E-state index is 8.85. The predicted molar refractivity (Wildman–Crippen MR) is 80.8 cm³/mol. The van der Waals surface area contributed by atoms with Gasteiger partial charge in [-0.1, -0.05) is 32.0 Å². The summed E-state index contributed by atoms with van der Waals surface area (Å²) in [6.07, 6.45) is 1.04. The lowest BCUT2D eigenvalue weighted by Crippen LogP contribution is -1.98. The number of nitriles is 1. The molecular weight excluding hydrogens is 248 g/mol. The normalized spacial score (nSPS) is 11.7. The molecule has 0 fully saturated rings. The third-order valence-corrected chi connectivity index (χ3v) is 3.42. The lowest BCUT2D eigenvalue weighted by molar-refractivity contribution is 0.472. The topological polar surface area (TPSA) is 59.0 Å². The van der Waals surface area contributed by atoms with Crippen LogP contribution in [-0.2, 0) is 0 Å². The molecule has 20 heavy (non-hydrogen) atoms. The number of hydrogen-bond donors (Lipinski definition) is 1. The highest BCUT2D eigenvalue weighted by Gasteiger charge is 2.11. The van der Waals surface area contributed by atoms with E-state index >= 15 is 0 Å². The molecule has 0 saturated heterocycles. The molecule has 3 nitrogen and oxygen atoms in total. The number of ether oxygens (including phenoxy) is 1. The van der Waals surface area contributed by atoms with Gasteiger partial charge in [-0.05, 0) is 42.2 Å². The highest BCUT2D eigenvalue weighted by atomic mass is 16.5. The zero-order valence-corrected chi connectivity index (χ0v) is 11.8. The summed E-state index contributed by atoms with van der Waals surface area (Å²) in [4.78, 5) is 0. The number of rotatable bonds is 4. The number of hydrogen-bond acceptors (Lipinski definition) is 3. The maximum atomic E-state index is 8.85. The highest BCUT2D eigenvalue weighted by molar-refractivity contribution is 5.58. The van der Waals surface area contributed by atoms with E-state index in [0.29, 0.717) is 22.9 Å². The van der Waals surface area contributed by atoms with Gasteiger partial charge in [-0.2, -0.15) is 5.26 Å². The summed E-state index contributed by atoms with van der Waals surface area (Å²) in [6.45, 7) is 4.32. The van der Waals surface area contributed by atoms with Crippen LogP contribution in [0.25, 0.3) is 0 Å². The van der Waals surface area contributed by atoms with Crippen molar-refractivity contribution in [1.82, 2.24) is 0 Å². The lowest BCUT2D eigenvalue weighted by atomic mass is 9.98. The van der Waals surface area contributed by atoms with Crippen LogP contribution >= 0.6 is 0 Å². The molecule has 2 N–H and O–H groups in total. The molecule has 0 heterocycles. The van der Waals surface area contributed by atoms with Gasteiger partial charge in [0.15, 0.2) is 0 Å². The maximum Gasteiger partial charge on any atom is 0.150 e. The molecule has 2 aromatic rings. The second-order valence-corrected chi connectivity index (χ2v) is 4.81. The molecule has 0 saturated carbocycles. The molecule has 0 spiro atoms. The quantitative estimate of drug-likeness (QED) is 0.832. The first kappa shape index (κ1) is 14.0. The molecule has 0 aliphatic carbocycles. The molecule has 2 aromatic carbocycles. The van der Waals surface area contributed by atoms with Gasteiger partial charge in [0.05, 0.1) is 17.3 Å². The van der Waals surface area contributed by atoms with E-state index in [1.807, 2.05) is 18.2 Å². The van der Waals surface area contributed by atoms with Crippen LogP contribution in [0.2, 0.25) is 0 Å². The Kier molecular flexibility index (Phi) is 4.27. The van der Waals surface area contributed by atoms with Gasteiger partial charge in [-0.25, -0.2) is 0 Å². The number of para-hydroxylation sites is 1. The van der Waals surface area contributed by atoms with Crippen molar-refractivity contribution in [3.8, 4) is 17.6 Å². The van der Waals surface area contributed by atoms with Gasteiger partial charge >= 0.3 is 0 Å². The second kappa shape index (κ2) is 6.12. The van der Waals surface area contributed by atoms with Crippen molar-refractivity contribution in [3.63, 3.8) is 0 Å². The first-order chi connectivity index (χ1) is 9.65. The number of benzene rings is 2. The zero-order valence-electron chi connectivity index (χ0n) is 11.8. The average molecular weight is 266 g/mol. The van der Waals surface area contributed by atoms with E-state index in [-0.39, 0.29) is 0 Å². The van der Waals surface area contributed by atoms with E-state index in [9.17, 15) is 0 Å². The summed E-state index contributed by atoms with van der Waals surface area (Å²) in [7, 11) is 0. The Labute approximate surface area is 119 Å². The lowest BCUT2D eigenvalue weighted by Gasteiger charge is -2.16. The Morgan fingerprint density at radius 3 is 2.60 bits per heavy atom. The molecule has 3 heteroatoms. The minimum Gasteiger partial charge on any atom is -0.455 e. The third-order valence-electron chi connectivity index (χ3n) is 3.42. The summed E-state index contributed by atoms with van der Waals surface area (Å²) < 4.78 is 5.93. The summed E-state index contributed by atoms with van der Waals surface area (Å²) in [5, 5.41) is 8.85. The van der Waals surface area contributed by atoms with Gasteiger partial charge in [0.1, 0.15) is 11.5 Å². The first-order valence-corrected chi connectivity index (χ1v) is 6.72. The Morgan fingerprint density at radius 1 is 1.20 bits per heavy atom. The largest absolute Gasteiger partial charge is 0.455 e. The average Bonchev–Trinajstić information content (AvgIpc) is 2.49. The monoisotopic (exact) mass is 266 g/mol. The van der Waals surface area contributed by atoms with Gasteiger partial charge in [0.2, 0.25) is 0 Å². The van der Waals surface area contributed by atoms with E-state index in [1.54, 1.807) is 18.2 Å². The van der Waals surface area contributed by atoms with Gasteiger partial charge in [-0.3, -0.25) is 0 Å². The van der Waals surface area contributed by atoms with Gasteiger partial charge in [0.25, 0.3) is 0 Å². The van der Waals surface area contributed by atoms with E-state index in [4.69, 9.17) is 15.7 Å². The Morgan fingerprint density at radius 2 is 1.95 bits per heavy atom. The van der Waals surface area contributed by atoms with Gasteiger partial charge < -0.3 is 10.5 Å². The molecule has 0 amide bonds. The summed E-state index contributed by atoms with van der Waals surface area (Å²) in [5.41, 5.74) is 8.10. The van der Waals surface area contributed by atoms with Crippen LogP contribution in [0.5, 0.6) is 11.5 Å². The Bertz CT molecular complexity index is 644. The fraction of sp³-hybridized carbons (Fsp3) is 0.235. The first-order valence-electron chi connectivity index (χ1n) is 6.72. The van der Waals surface area contributed by atoms with Crippen molar-refractivity contribution in [1.29, 1.82) is 5.26 Å². The minimum absolute atomic E-state index is 0.422. The van der Waals surface area contributed by atoms with Crippen molar-refractivity contribution < 1.29 is 4.74 Å². The van der Waals surface area contributed by atoms with Crippen LogP contribution in [0, 0.1) is 11.3 Å². The van der Waals surface area contributed by atoms with E-state index in [1.165, 1.54) is 5.56 Å². The number of nitrogen functional groups attached to an aromatic ring is 1. The molecular formula is C17H18N2O. The number of nitrogens with zero attached hydrogens (tertiary/aromatic N) is 1. The number of anilines is 1. The van der Waals surface area contributed by atoms with E-state index in [0.717, 1.165) is 12.2 Å². The third kappa shape index (κ3) is 2.92. The molecule has 0 aliphatic heterocycles. The SMILES string of the molecule is CCC(C)c1ccccc1Oc1ccc(C#N)cc1N. The molecule has 0 bridgehead atoms. The fourth-order valence-corrected chi connectivity index (χ4v) is 2.03. The van der Waals surface area contributed by atoms with Gasteiger partial charge in [0, 0.05) is 0 Å². The zero-order chi connectivity index (χ0) is 14.5. The summed E-state index contributed by atoms with van der Waals surface area (Å²) >= 11 is 0. The summed E-state index contributed by atoms with van der Waals surface area (Å²) in [6, 6.07) is 15.1. The van der Waals surface area contributed by atoms with Crippen LogP contribution in [-0.4, -0.2) is 0 Å². The fourth-order valence-electron chi connectivity index (χ4n) is 2.03. The predicted octanol–water partition coefficient (Wildman–Crippen LogP) is 4.45. The van der Waals surface area contributed by atoms with Crippen LogP contribution in [0.15, 0.2) is 42.5 Å². The molecule has 0 radical (unpaired) electrons. The molecule has 2 rings (SSSR count). The Balaban J connectivity index is 2.33. The molecule has 0 aliphatic rings. The number of nitrogens with two attached hydrogens (primary N) is 1. The molecule has 1 unspecified atom stereocenters.